The third-order valence-electron chi connectivity index (χ3n) is 9.88. The number of pyridine rings is 1. The maximum absolute atomic E-state index is 14.6. The van der Waals surface area contributed by atoms with Crippen molar-refractivity contribution in [3.05, 3.63) is 54.9 Å². The standard InChI is InChI=1S/C34H44FN7O4S/c1-5-33(43)41-15-8-6-7-9-28(41)24-10-11-29(42-19-23(22(42)2)21-47(4,44)45)26-18-37-32(17-25(24)26)38-31-12-14-36-34(39-31)40-16-13-30(46-3)27(35)20-40/h5,10-12,14,17-18,22-23,27-28,30H,1,6-9,13,15-16,19-21H2,2-4H3,(H,36,37,38,39)/t22-,23-,27+,28-,30-/m1/s1. The first-order valence-electron chi connectivity index (χ1n) is 16.4. The van der Waals surface area contributed by atoms with Gasteiger partial charge in [0.1, 0.15) is 27.6 Å². The van der Waals surface area contributed by atoms with E-state index in [0.717, 1.165) is 47.7 Å². The van der Waals surface area contributed by atoms with Gasteiger partial charge in [0, 0.05) is 68.4 Å². The van der Waals surface area contributed by atoms with Crippen LogP contribution in [-0.2, 0) is 19.4 Å². The molecule has 2 aromatic heterocycles. The van der Waals surface area contributed by atoms with E-state index in [2.05, 4.69) is 45.8 Å². The van der Waals surface area contributed by atoms with Gasteiger partial charge in [-0.3, -0.25) is 4.79 Å². The van der Waals surface area contributed by atoms with E-state index in [0.29, 0.717) is 43.6 Å². The van der Waals surface area contributed by atoms with Gasteiger partial charge in [0.2, 0.25) is 11.9 Å². The summed E-state index contributed by atoms with van der Waals surface area (Å²) in [6, 6.07) is 7.86. The molecule has 1 amide bonds. The lowest BCUT2D eigenvalue weighted by atomic mass is 9.88. The lowest BCUT2D eigenvalue weighted by molar-refractivity contribution is -0.128. The van der Waals surface area contributed by atoms with Gasteiger partial charge in [0.05, 0.1) is 24.4 Å². The molecule has 0 radical (unpaired) electrons. The number of nitrogens with one attached hydrogen (secondary N) is 1. The molecule has 3 aliphatic rings. The second kappa shape index (κ2) is 13.7. The Kier molecular flexibility index (Phi) is 9.65. The highest BCUT2D eigenvalue weighted by atomic mass is 32.2. The van der Waals surface area contributed by atoms with Crippen LogP contribution in [0, 0.1) is 5.92 Å². The van der Waals surface area contributed by atoms with Crippen molar-refractivity contribution < 1.29 is 22.3 Å². The number of carbonyl (C=O) groups is 1. The smallest absolute Gasteiger partial charge is 0.246 e. The minimum atomic E-state index is -3.09. The lowest BCUT2D eigenvalue weighted by Gasteiger charge is -2.48. The minimum absolute atomic E-state index is 0.0469. The fourth-order valence-corrected chi connectivity index (χ4v) is 8.45. The summed E-state index contributed by atoms with van der Waals surface area (Å²) in [5.41, 5.74) is 2.02. The predicted molar refractivity (Wildman–Crippen MR) is 183 cm³/mol. The number of carbonyl (C=O) groups excluding carboxylic acids is 1. The molecule has 1 N–H and O–H groups in total. The number of aromatic nitrogens is 3. The number of anilines is 4. The van der Waals surface area contributed by atoms with E-state index >= 15 is 0 Å². The van der Waals surface area contributed by atoms with Crippen LogP contribution in [0.15, 0.2) is 49.3 Å². The molecule has 0 bridgehead atoms. The Labute approximate surface area is 276 Å². The number of alkyl halides is 1. The van der Waals surface area contributed by atoms with E-state index < -0.39 is 22.1 Å². The fraction of sp³-hybridized carbons (Fsp3) is 0.529. The zero-order valence-electron chi connectivity index (χ0n) is 27.3. The van der Waals surface area contributed by atoms with Crippen LogP contribution < -0.4 is 15.1 Å². The van der Waals surface area contributed by atoms with Crippen LogP contribution in [0.3, 0.4) is 0 Å². The number of hydrogen-bond acceptors (Lipinski definition) is 10. The summed E-state index contributed by atoms with van der Waals surface area (Å²) in [7, 11) is -1.56. The van der Waals surface area contributed by atoms with Crippen LogP contribution in [0.2, 0.25) is 0 Å². The largest absolute Gasteiger partial charge is 0.378 e. The number of amides is 1. The number of hydrogen-bond donors (Lipinski definition) is 1. The molecule has 0 spiro atoms. The summed E-state index contributed by atoms with van der Waals surface area (Å²) in [6.45, 7) is 7.87. The quantitative estimate of drug-likeness (QED) is 0.318. The molecule has 5 atom stereocenters. The molecule has 0 aliphatic carbocycles. The van der Waals surface area contributed by atoms with E-state index in [-0.39, 0.29) is 36.2 Å². The van der Waals surface area contributed by atoms with Gasteiger partial charge >= 0.3 is 0 Å². The van der Waals surface area contributed by atoms with Gasteiger partial charge in [-0.05, 0) is 61.4 Å². The van der Waals surface area contributed by atoms with Crippen LogP contribution in [0.5, 0.6) is 0 Å². The first kappa shape index (κ1) is 33.1. The van der Waals surface area contributed by atoms with Crippen molar-refractivity contribution in [1.29, 1.82) is 0 Å². The Morgan fingerprint density at radius 1 is 1.11 bits per heavy atom. The highest BCUT2D eigenvalue weighted by molar-refractivity contribution is 7.90. The van der Waals surface area contributed by atoms with Crippen LogP contribution in [0.25, 0.3) is 10.8 Å². The second-order valence-electron chi connectivity index (χ2n) is 13.0. The van der Waals surface area contributed by atoms with Crippen LogP contribution in [-0.4, -0.2) is 97.8 Å². The molecule has 3 aliphatic heterocycles. The van der Waals surface area contributed by atoms with Crippen molar-refractivity contribution in [3.8, 4) is 0 Å². The van der Waals surface area contributed by atoms with E-state index in [4.69, 9.17) is 9.72 Å². The van der Waals surface area contributed by atoms with Crippen molar-refractivity contribution in [2.24, 2.45) is 5.92 Å². The van der Waals surface area contributed by atoms with Crippen molar-refractivity contribution >= 4 is 49.8 Å². The molecule has 5 heterocycles. The second-order valence-corrected chi connectivity index (χ2v) is 15.2. The highest BCUT2D eigenvalue weighted by Crippen LogP contribution is 2.42. The monoisotopic (exact) mass is 665 g/mol. The lowest BCUT2D eigenvalue weighted by Crippen LogP contribution is -2.57. The number of nitrogens with zero attached hydrogens (tertiary/aromatic N) is 6. The number of likely N-dealkylation sites (tertiary alicyclic amines) is 1. The molecule has 3 fully saturated rings. The Morgan fingerprint density at radius 2 is 1.94 bits per heavy atom. The van der Waals surface area contributed by atoms with Gasteiger partial charge in [0.15, 0.2) is 0 Å². The Balaban J connectivity index is 1.35. The van der Waals surface area contributed by atoms with Gasteiger partial charge < -0.3 is 24.8 Å². The van der Waals surface area contributed by atoms with E-state index in [1.165, 1.54) is 19.4 Å². The number of fused-ring (bicyclic) bond motifs is 1. The van der Waals surface area contributed by atoms with Crippen molar-refractivity contribution in [1.82, 2.24) is 19.9 Å². The average molecular weight is 666 g/mol. The number of ether oxygens (including phenoxy) is 1. The zero-order chi connectivity index (χ0) is 33.3. The Morgan fingerprint density at radius 3 is 2.66 bits per heavy atom. The summed E-state index contributed by atoms with van der Waals surface area (Å²) >= 11 is 0. The third kappa shape index (κ3) is 7.06. The minimum Gasteiger partial charge on any atom is -0.378 e. The summed E-state index contributed by atoms with van der Waals surface area (Å²) < 4.78 is 43.9. The summed E-state index contributed by atoms with van der Waals surface area (Å²) in [4.78, 5) is 32.9. The number of sulfone groups is 1. The van der Waals surface area contributed by atoms with E-state index in [1.807, 2.05) is 22.1 Å². The van der Waals surface area contributed by atoms with Gasteiger partial charge in [-0.2, -0.15) is 4.98 Å². The fourth-order valence-electron chi connectivity index (χ4n) is 7.29. The Hall–Kier alpha value is -3.84. The summed E-state index contributed by atoms with van der Waals surface area (Å²) in [6.07, 6.45) is 8.99. The van der Waals surface area contributed by atoms with Gasteiger partial charge in [0.25, 0.3) is 0 Å². The predicted octanol–water partition coefficient (Wildman–Crippen LogP) is 4.83. The number of benzene rings is 1. The normalized spacial score (nSPS) is 25.3. The van der Waals surface area contributed by atoms with Gasteiger partial charge in [-0.1, -0.05) is 25.5 Å². The number of methoxy groups -OCH3 is 1. The molecule has 0 saturated carbocycles. The number of piperidine rings is 1. The molecular formula is C34H44FN7O4S. The molecular weight excluding hydrogens is 621 g/mol. The maximum Gasteiger partial charge on any atom is 0.246 e. The molecule has 252 valence electrons. The zero-order valence-corrected chi connectivity index (χ0v) is 28.1. The number of rotatable bonds is 9. The first-order chi connectivity index (χ1) is 22.6. The molecule has 47 heavy (non-hydrogen) atoms. The molecule has 1 aromatic carbocycles. The SMILES string of the molecule is C=CC(=O)N1CCCCC[C@@H]1c1ccc(N2C[C@H](CS(C)(=O)=O)[C@H]2C)c2cnc(Nc3ccnc(N4CC[C@@H](OC)[C@@H](F)C4)n3)cc12. The first-order valence-corrected chi connectivity index (χ1v) is 18.4. The van der Waals surface area contributed by atoms with Gasteiger partial charge in [-0.15, -0.1) is 0 Å². The van der Waals surface area contributed by atoms with Crippen LogP contribution in [0.4, 0.5) is 27.7 Å². The molecule has 6 rings (SSSR count). The van der Waals surface area contributed by atoms with Crippen LogP contribution >= 0.6 is 0 Å². The van der Waals surface area contributed by atoms with Crippen molar-refractivity contribution in [2.75, 3.05) is 60.4 Å². The van der Waals surface area contributed by atoms with E-state index in [1.54, 1.807) is 12.3 Å². The summed E-state index contributed by atoms with van der Waals surface area (Å²) in [5, 5.41) is 5.23. The highest BCUT2D eigenvalue weighted by Gasteiger charge is 2.39. The average Bonchev–Trinajstić information content (AvgIpc) is 3.31. The molecule has 3 aromatic rings. The molecule has 11 nitrogen and oxygen atoms in total. The van der Waals surface area contributed by atoms with Gasteiger partial charge in [-0.25, -0.2) is 22.8 Å². The molecule has 13 heteroatoms. The molecule has 0 unspecified atom stereocenters. The van der Waals surface area contributed by atoms with E-state index in [9.17, 15) is 17.6 Å². The third-order valence-corrected chi connectivity index (χ3v) is 10.9. The molecule has 3 saturated heterocycles. The number of halogens is 1. The van der Waals surface area contributed by atoms with Crippen molar-refractivity contribution in [2.45, 2.75) is 63.4 Å². The van der Waals surface area contributed by atoms with Crippen molar-refractivity contribution in [3.63, 3.8) is 0 Å². The summed E-state index contributed by atoms with van der Waals surface area (Å²) in [5.74, 6) is 1.66. The Bertz CT molecular complexity index is 1740. The van der Waals surface area contributed by atoms with Crippen LogP contribution in [0.1, 0.15) is 50.6 Å². The topological polar surface area (TPSA) is 121 Å². The maximum atomic E-state index is 14.6.